The number of hydrogen-bond acceptors (Lipinski definition) is 4. The number of imidazole rings is 1. The van der Waals surface area contributed by atoms with Crippen LogP contribution in [0.2, 0.25) is 0 Å². The van der Waals surface area contributed by atoms with Gasteiger partial charge in [0.15, 0.2) is 0 Å². The SMILES string of the molecule is Cc1ccc(S(=O)(=O)NCCC(=O)N2CCCC(c3nc4ccccc4[nH]3)C2)cc1C. The molecule has 0 spiro atoms. The quantitative estimate of drug-likeness (QED) is 0.615. The molecule has 0 saturated carbocycles. The van der Waals surface area contributed by atoms with Crippen LogP contribution in [0.4, 0.5) is 0 Å². The molecule has 8 heteroatoms. The summed E-state index contributed by atoms with van der Waals surface area (Å²) in [5.74, 6) is 1.04. The van der Waals surface area contributed by atoms with Gasteiger partial charge >= 0.3 is 0 Å². The highest BCUT2D eigenvalue weighted by Gasteiger charge is 2.27. The standard InChI is InChI=1S/C23H28N4O3S/c1-16-9-10-19(14-17(16)2)31(29,30)24-12-11-22(28)27-13-5-6-18(15-27)23-25-20-7-3-4-8-21(20)26-23/h3-4,7-10,14,18,24H,5-6,11-13,15H2,1-2H3,(H,25,26). The lowest BCUT2D eigenvalue weighted by atomic mass is 9.97. The van der Waals surface area contributed by atoms with Crippen LogP contribution in [0.15, 0.2) is 47.4 Å². The fraction of sp³-hybridized carbons (Fsp3) is 0.391. The molecule has 2 aromatic carbocycles. The van der Waals surface area contributed by atoms with Crippen molar-refractivity contribution >= 4 is 27.0 Å². The number of likely N-dealkylation sites (tertiary alicyclic amines) is 1. The molecule has 3 aromatic rings. The van der Waals surface area contributed by atoms with Crippen LogP contribution in [0, 0.1) is 13.8 Å². The number of carbonyl (C=O) groups excluding carboxylic acids is 1. The molecule has 1 atom stereocenters. The Morgan fingerprint density at radius 3 is 2.77 bits per heavy atom. The van der Waals surface area contributed by atoms with Gasteiger partial charge in [-0.05, 0) is 62.1 Å². The van der Waals surface area contributed by atoms with Crippen molar-refractivity contribution in [2.45, 2.75) is 43.9 Å². The third-order valence-corrected chi connectivity index (χ3v) is 7.45. The van der Waals surface area contributed by atoms with Crippen molar-refractivity contribution in [1.29, 1.82) is 0 Å². The van der Waals surface area contributed by atoms with E-state index in [9.17, 15) is 13.2 Å². The molecule has 164 valence electrons. The number of para-hydroxylation sites is 2. The summed E-state index contributed by atoms with van der Waals surface area (Å²) in [5.41, 5.74) is 3.89. The van der Waals surface area contributed by atoms with Gasteiger partial charge in [-0.2, -0.15) is 0 Å². The summed E-state index contributed by atoms with van der Waals surface area (Å²) in [7, 11) is -3.63. The highest BCUT2D eigenvalue weighted by Crippen LogP contribution is 2.27. The Morgan fingerprint density at radius 1 is 1.19 bits per heavy atom. The number of fused-ring (bicyclic) bond motifs is 1. The number of nitrogens with one attached hydrogen (secondary N) is 2. The van der Waals surface area contributed by atoms with E-state index in [0.29, 0.717) is 13.1 Å². The summed E-state index contributed by atoms with van der Waals surface area (Å²) < 4.78 is 27.6. The van der Waals surface area contributed by atoms with Gasteiger partial charge in [0.05, 0.1) is 15.9 Å². The second-order valence-corrected chi connectivity index (χ2v) is 9.98. The van der Waals surface area contributed by atoms with Gasteiger partial charge in [-0.1, -0.05) is 18.2 Å². The summed E-state index contributed by atoms with van der Waals surface area (Å²) in [6, 6.07) is 12.9. The van der Waals surface area contributed by atoms with E-state index >= 15 is 0 Å². The second-order valence-electron chi connectivity index (χ2n) is 8.21. The van der Waals surface area contributed by atoms with Crippen LogP contribution in [0.25, 0.3) is 11.0 Å². The molecule has 2 N–H and O–H groups in total. The fourth-order valence-corrected chi connectivity index (χ4v) is 5.12. The molecule has 1 unspecified atom stereocenters. The van der Waals surface area contributed by atoms with Gasteiger partial charge in [0.2, 0.25) is 15.9 Å². The molecular weight excluding hydrogens is 412 g/mol. The summed E-state index contributed by atoms with van der Waals surface area (Å²) in [4.78, 5) is 22.8. The van der Waals surface area contributed by atoms with Crippen LogP contribution in [-0.4, -0.2) is 48.8 Å². The Labute approximate surface area is 182 Å². The van der Waals surface area contributed by atoms with Crippen molar-refractivity contribution in [3.8, 4) is 0 Å². The van der Waals surface area contributed by atoms with E-state index in [0.717, 1.165) is 40.8 Å². The third kappa shape index (κ3) is 4.80. The Hall–Kier alpha value is -2.71. The highest BCUT2D eigenvalue weighted by molar-refractivity contribution is 7.89. The number of hydrogen-bond donors (Lipinski definition) is 2. The zero-order valence-corrected chi connectivity index (χ0v) is 18.7. The van der Waals surface area contributed by atoms with Gasteiger partial charge in [-0.15, -0.1) is 0 Å². The van der Waals surface area contributed by atoms with Crippen LogP contribution in [0.1, 0.15) is 42.1 Å². The fourth-order valence-electron chi connectivity index (χ4n) is 4.01. The van der Waals surface area contributed by atoms with Crippen molar-refractivity contribution in [2.24, 2.45) is 0 Å². The first-order valence-corrected chi connectivity index (χ1v) is 12.1. The predicted molar refractivity (Wildman–Crippen MR) is 120 cm³/mol. The number of benzene rings is 2. The Balaban J connectivity index is 1.34. The summed E-state index contributed by atoms with van der Waals surface area (Å²) in [6.07, 6.45) is 2.02. The molecule has 1 aliphatic heterocycles. The lowest BCUT2D eigenvalue weighted by Gasteiger charge is -2.32. The van der Waals surface area contributed by atoms with Gasteiger partial charge in [0, 0.05) is 32.0 Å². The maximum Gasteiger partial charge on any atom is 0.240 e. The predicted octanol–water partition coefficient (Wildman–Crippen LogP) is 3.25. The highest BCUT2D eigenvalue weighted by atomic mass is 32.2. The number of amides is 1. The normalized spacial score (nSPS) is 17.2. The summed E-state index contributed by atoms with van der Waals surface area (Å²) in [5, 5.41) is 0. The number of rotatable bonds is 6. The van der Waals surface area contributed by atoms with Crippen molar-refractivity contribution < 1.29 is 13.2 Å². The zero-order valence-electron chi connectivity index (χ0n) is 17.9. The van der Waals surface area contributed by atoms with Gasteiger partial charge in [-0.25, -0.2) is 18.1 Å². The molecule has 1 amide bonds. The van der Waals surface area contributed by atoms with Crippen molar-refractivity contribution in [3.05, 3.63) is 59.4 Å². The monoisotopic (exact) mass is 440 g/mol. The van der Waals surface area contributed by atoms with Crippen molar-refractivity contribution in [2.75, 3.05) is 19.6 Å². The molecular formula is C23H28N4O3S. The van der Waals surface area contributed by atoms with Crippen LogP contribution in [0.3, 0.4) is 0 Å². The Bertz CT molecular complexity index is 1170. The van der Waals surface area contributed by atoms with Crippen LogP contribution >= 0.6 is 0 Å². The average molecular weight is 441 g/mol. The number of aryl methyl sites for hydroxylation is 2. The number of aromatic nitrogens is 2. The third-order valence-electron chi connectivity index (χ3n) is 5.99. The minimum absolute atomic E-state index is 0.0383. The molecule has 7 nitrogen and oxygen atoms in total. The van der Waals surface area contributed by atoms with Gasteiger partial charge in [0.1, 0.15) is 5.82 Å². The molecule has 2 heterocycles. The van der Waals surface area contributed by atoms with E-state index in [-0.39, 0.29) is 29.7 Å². The minimum Gasteiger partial charge on any atom is -0.342 e. The Kier molecular flexibility index (Phi) is 6.11. The molecule has 4 rings (SSSR count). The molecule has 1 fully saturated rings. The maximum absolute atomic E-state index is 12.7. The number of H-pyrrole nitrogens is 1. The topological polar surface area (TPSA) is 95.2 Å². The lowest BCUT2D eigenvalue weighted by Crippen LogP contribution is -2.40. The van der Waals surface area contributed by atoms with Crippen molar-refractivity contribution in [1.82, 2.24) is 19.6 Å². The largest absolute Gasteiger partial charge is 0.342 e. The van der Waals surface area contributed by atoms with E-state index in [1.807, 2.05) is 43.0 Å². The minimum atomic E-state index is -3.63. The molecule has 0 aliphatic carbocycles. The molecule has 31 heavy (non-hydrogen) atoms. The first-order chi connectivity index (χ1) is 14.8. The average Bonchev–Trinajstić information content (AvgIpc) is 3.20. The number of piperidine rings is 1. The molecule has 0 bridgehead atoms. The number of sulfonamides is 1. The molecule has 1 saturated heterocycles. The lowest BCUT2D eigenvalue weighted by molar-refractivity contribution is -0.132. The first kappa shape index (κ1) is 21.5. The van der Waals surface area contributed by atoms with E-state index < -0.39 is 10.0 Å². The van der Waals surface area contributed by atoms with E-state index in [1.165, 1.54) is 0 Å². The maximum atomic E-state index is 12.7. The van der Waals surface area contributed by atoms with E-state index in [1.54, 1.807) is 18.2 Å². The first-order valence-electron chi connectivity index (χ1n) is 10.6. The van der Waals surface area contributed by atoms with E-state index in [4.69, 9.17) is 0 Å². The van der Waals surface area contributed by atoms with Gasteiger partial charge < -0.3 is 9.88 Å². The summed E-state index contributed by atoms with van der Waals surface area (Å²) >= 11 is 0. The molecule has 1 aromatic heterocycles. The Morgan fingerprint density at radius 2 is 2.00 bits per heavy atom. The summed E-state index contributed by atoms with van der Waals surface area (Å²) in [6.45, 7) is 5.20. The molecule has 1 aliphatic rings. The van der Waals surface area contributed by atoms with E-state index in [2.05, 4.69) is 14.7 Å². The van der Waals surface area contributed by atoms with Crippen molar-refractivity contribution in [3.63, 3.8) is 0 Å². The molecule has 0 radical (unpaired) electrons. The number of nitrogens with zero attached hydrogens (tertiary/aromatic N) is 2. The zero-order chi connectivity index (χ0) is 22.0. The number of carbonyl (C=O) groups is 1. The van der Waals surface area contributed by atoms with Gasteiger partial charge in [0.25, 0.3) is 0 Å². The van der Waals surface area contributed by atoms with Gasteiger partial charge in [-0.3, -0.25) is 4.79 Å². The van der Waals surface area contributed by atoms with Crippen LogP contribution < -0.4 is 4.72 Å². The number of aromatic amines is 1. The second kappa shape index (κ2) is 8.80. The van der Waals surface area contributed by atoms with Crippen LogP contribution in [0.5, 0.6) is 0 Å². The van der Waals surface area contributed by atoms with Crippen LogP contribution in [-0.2, 0) is 14.8 Å². The smallest absolute Gasteiger partial charge is 0.240 e.